The molecule has 1 amide bonds. The van der Waals surface area contributed by atoms with Crippen LogP contribution < -0.4 is 16.6 Å². The Balaban J connectivity index is 1.43. The number of nitrogens with one attached hydrogen (secondary N) is 2. The first-order valence-corrected chi connectivity index (χ1v) is 9.54. The largest absolute Gasteiger partial charge is 0.353 e. The van der Waals surface area contributed by atoms with E-state index in [0.717, 1.165) is 11.8 Å². The molecule has 138 valence electrons. The number of fused-ring (bicyclic) bond motifs is 3. The van der Waals surface area contributed by atoms with Gasteiger partial charge in [-0.1, -0.05) is 18.6 Å². The molecule has 1 heterocycles. The maximum absolute atomic E-state index is 12.4. The maximum atomic E-state index is 12.4. The zero-order chi connectivity index (χ0) is 18.3. The second kappa shape index (κ2) is 6.74. The molecule has 2 fully saturated rings. The monoisotopic (exact) mass is 355 g/mol. The molecule has 2 aromatic rings. The molecule has 1 aromatic carbocycles. The first-order valence-electron chi connectivity index (χ1n) is 9.54. The average Bonchev–Trinajstić information content (AvgIpc) is 3.25. The molecule has 2 aliphatic carbocycles. The quantitative estimate of drug-likeness (QED) is 0.861. The highest BCUT2D eigenvalue weighted by Crippen LogP contribution is 2.49. The lowest BCUT2D eigenvalue weighted by molar-refractivity contribution is -0.122. The second-order valence-corrected chi connectivity index (χ2v) is 7.87. The number of aromatic nitrogens is 2. The molecule has 6 nitrogen and oxygen atoms in total. The Bertz CT molecular complexity index is 945. The van der Waals surface area contributed by atoms with Gasteiger partial charge < -0.3 is 5.32 Å². The Morgan fingerprint density at radius 3 is 2.81 bits per heavy atom. The first-order chi connectivity index (χ1) is 12.5. The highest BCUT2D eigenvalue weighted by Gasteiger charge is 2.42. The minimum absolute atomic E-state index is 0.0394. The van der Waals surface area contributed by atoms with Crippen molar-refractivity contribution in [2.24, 2.45) is 17.8 Å². The van der Waals surface area contributed by atoms with E-state index in [2.05, 4.69) is 17.2 Å². The number of aromatic amines is 1. The Hall–Kier alpha value is -2.37. The molecule has 2 saturated carbocycles. The van der Waals surface area contributed by atoms with Crippen molar-refractivity contribution >= 4 is 16.8 Å². The first kappa shape index (κ1) is 17.1. The summed E-state index contributed by atoms with van der Waals surface area (Å²) in [4.78, 5) is 38.8. The minimum atomic E-state index is -0.470. The number of amides is 1. The topological polar surface area (TPSA) is 84.0 Å². The van der Waals surface area contributed by atoms with Crippen molar-refractivity contribution in [1.29, 1.82) is 0 Å². The number of benzene rings is 1. The number of carbonyl (C=O) groups is 1. The van der Waals surface area contributed by atoms with E-state index >= 15 is 0 Å². The number of aryl methyl sites for hydroxylation is 1. The van der Waals surface area contributed by atoms with Crippen molar-refractivity contribution in [3.05, 3.63) is 45.1 Å². The lowest BCUT2D eigenvalue weighted by atomic mass is 9.84. The third-order valence-corrected chi connectivity index (χ3v) is 6.29. The van der Waals surface area contributed by atoms with Gasteiger partial charge in [-0.05, 0) is 56.1 Å². The van der Waals surface area contributed by atoms with Gasteiger partial charge in [0.2, 0.25) is 5.91 Å². The van der Waals surface area contributed by atoms with E-state index < -0.39 is 11.2 Å². The van der Waals surface area contributed by atoms with Gasteiger partial charge >= 0.3 is 5.69 Å². The van der Waals surface area contributed by atoms with E-state index in [-0.39, 0.29) is 24.9 Å². The van der Waals surface area contributed by atoms with E-state index in [1.807, 2.05) is 0 Å². The van der Waals surface area contributed by atoms with Crippen LogP contribution in [0.25, 0.3) is 10.9 Å². The van der Waals surface area contributed by atoms with Gasteiger partial charge in [-0.25, -0.2) is 4.79 Å². The van der Waals surface area contributed by atoms with Crippen LogP contribution in [0.2, 0.25) is 0 Å². The summed E-state index contributed by atoms with van der Waals surface area (Å²) in [5.41, 5.74) is -0.297. The van der Waals surface area contributed by atoms with Crippen LogP contribution in [0.4, 0.5) is 0 Å². The summed E-state index contributed by atoms with van der Waals surface area (Å²) in [6.45, 7) is 2.36. The van der Waals surface area contributed by atoms with Crippen LogP contribution in [-0.4, -0.2) is 21.5 Å². The number of carbonyl (C=O) groups excluding carboxylic acids is 1. The normalized spacial score (nSPS) is 25.5. The molecule has 6 heteroatoms. The molecule has 26 heavy (non-hydrogen) atoms. The average molecular weight is 355 g/mol. The van der Waals surface area contributed by atoms with Crippen LogP contribution >= 0.6 is 0 Å². The highest BCUT2D eigenvalue weighted by molar-refractivity contribution is 5.79. The van der Waals surface area contributed by atoms with Crippen LogP contribution in [0, 0.1) is 17.8 Å². The minimum Gasteiger partial charge on any atom is -0.353 e. The SMILES string of the molecule is CC(NC(=O)CCn1c(=O)[nH]c(=O)c2ccccc21)C1CC2CCC1C2. The van der Waals surface area contributed by atoms with Crippen LogP contribution in [0.5, 0.6) is 0 Å². The smallest absolute Gasteiger partial charge is 0.328 e. The van der Waals surface area contributed by atoms with E-state index in [0.29, 0.717) is 16.8 Å². The standard InChI is InChI=1S/C20H25N3O3/c1-12(16-11-13-6-7-14(16)10-13)21-18(24)8-9-23-17-5-3-2-4-15(17)19(25)22-20(23)26/h2-5,12-14,16H,6-11H2,1H3,(H,21,24)(H,22,25,26). The van der Waals surface area contributed by atoms with E-state index in [1.165, 1.54) is 30.3 Å². The summed E-state index contributed by atoms with van der Waals surface area (Å²) >= 11 is 0. The van der Waals surface area contributed by atoms with Crippen LogP contribution in [0.1, 0.15) is 39.0 Å². The van der Waals surface area contributed by atoms with Gasteiger partial charge in [0.05, 0.1) is 10.9 Å². The van der Waals surface area contributed by atoms with Gasteiger partial charge in [-0.2, -0.15) is 0 Å². The number of hydrogen-bond acceptors (Lipinski definition) is 3. The summed E-state index contributed by atoms with van der Waals surface area (Å²) in [6, 6.07) is 7.15. The fourth-order valence-corrected chi connectivity index (χ4v) is 5.02. The molecule has 2 aliphatic rings. The molecule has 4 unspecified atom stereocenters. The zero-order valence-electron chi connectivity index (χ0n) is 15.0. The van der Waals surface area contributed by atoms with Gasteiger partial charge in [-0.15, -0.1) is 0 Å². The van der Waals surface area contributed by atoms with Crippen molar-refractivity contribution < 1.29 is 4.79 Å². The third-order valence-electron chi connectivity index (χ3n) is 6.29. The molecule has 4 rings (SSSR count). The van der Waals surface area contributed by atoms with E-state index in [1.54, 1.807) is 24.3 Å². The number of para-hydroxylation sites is 1. The van der Waals surface area contributed by atoms with Crippen molar-refractivity contribution in [3.63, 3.8) is 0 Å². The number of H-pyrrole nitrogens is 1. The van der Waals surface area contributed by atoms with Gasteiger partial charge in [0.1, 0.15) is 0 Å². The lowest BCUT2D eigenvalue weighted by Crippen LogP contribution is -2.41. The highest BCUT2D eigenvalue weighted by atomic mass is 16.2. The van der Waals surface area contributed by atoms with Gasteiger partial charge in [0.25, 0.3) is 5.56 Å². The molecule has 0 aliphatic heterocycles. The molecule has 1 aromatic heterocycles. The summed E-state index contributed by atoms with van der Waals surface area (Å²) in [6.07, 6.45) is 5.43. The van der Waals surface area contributed by atoms with Crippen LogP contribution in [-0.2, 0) is 11.3 Å². The molecule has 0 saturated heterocycles. The molecule has 0 spiro atoms. The molecule has 2 N–H and O–H groups in total. The lowest BCUT2D eigenvalue weighted by Gasteiger charge is -2.28. The number of hydrogen-bond donors (Lipinski definition) is 2. The van der Waals surface area contributed by atoms with Crippen molar-refractivity contribution in [3.8, 4) is 0 Å². The second-order valence-electron chi connectivity index (χ2n) is 7.87. The Kier molecular flexibility index (Phi) is 4.42. The summed E-state index contributed by atoms with van der Waals surface area (Å²) in [5, 5.41) is 3.59. The third kappa shape index (κ3) is 3.08. The van der Waals surface area contributed by atoms with Gasteiger partial charge in [0.15, 0.2) is 0 Å². The zero-order valence-corrected chi connectivity index (χ0v) is 15.0. The Morgan fingerprint density at radius 1 is 1.27 bits per heavy atom. The Morgan fingerprint density at radius 2 is 2.08 bits per heavy atom. The van der Waals surface area contributed by atoms with Crippen molar-refractivity contribution in [1.82, 2.24) is 14.9 Å². The molecule has 2 bridgehead atoms. The fourth-order valence-electron chi connectivity index (χ4n) is 5.02. The van der Waals surface area contributed by atoms with Crippen LogP contribution in [0.3, 0.4) is 0 Å². The van der Waals surface area contributed by atoms with E-state index in [4.69, 9.17) is 0 Å². The number of nitrogens with zero attached hydrogens (tertiary/aromatic N) is 1. The summed E-state index contributed by atoms with van der Waals surface area (Å²) in [5.74, 6) is 2.17. The summed E-state index contributed by atoms with van der Waals surface area (Å²) in [7, 11) is 0. The van der Waals surface area contributed by atoms with Crippen molar-refractivity contribution in [2.45, 2.75) is 51.6 Å². The number of rotatable bonds is 5. The van der Waals surface area contributed by atoms with Gasteiger partial charge in [0, 0.05) is 19.0 Å². The molecular weight excluding hydrogens is 330 g/mol. The summed E-state index contributed by atoms with van der Waals surface area (Å²) < 4.78 is 1.47. The van der Waals surface area contributed by atoms with E-state index in [9.17, 15) is 14.4 Å². The predicted octanol–water partition coefficient (Wildman–Crippen LogP) is 2.02. The Labute approximate surface area is 151 Å². The van der Waals surface area contributed by atoms with Crippen LogP contribution in [0.15, 0.2) is 33.9 Å². The maximum Gasteiger partial charge on any atom is 0.328 e. The molecule has 0 radical (unpaired) electrons. The van der Waals surface area contributed by atoms with Crippen molar-refractivity contribution in [2.75, 3.05) is 0 Å². The predicted molar refractivity (Wildman–Crippen MR) is 100.0 cm³/mol. The van der Waals surface area contributed by atoms with Gasteiger partial charge in [-0.3, -0.25) is 19.1 Å². The molecular formula is C20H25N3O3. The molecule has 4 atom stereocenters. The fraction of sp³-hybridized carbons (Fsp3) is 0.550.